The van der Waals surface area contributed by atoms with E-state index >= 15 is 0 Å². The summed E-state index contributed by atoms with van der Waals surface area (Å²) in [5.41, 5.74) is 1.03. The molecular formula is C8H8O2. The van der Waals surface area contributed by atoms with Crippen LogP contribution in [-0.4, -0.2) is 0 Å². The van der Waals surface area contributed by atoms with Crippen LogP contribution in [0.3, 0.4) is 0 Å². The molecule has 0 unspecified atom stereocenters. The van der Waals surface area contributed by atoms with Crippen LogP contribution >= 0.6 is 0 Å². The van der Waals surface area contributed by atoms with Crippen LogP contribution in [0.5, 0.6) is 0 Å². The lowest BCUT2D eigenvalue weighted by atomic mass is 10.2. The molecule has 0 N–H and O–H groups in total. The summed E-state index contributed by atoms with van der Waals surface area (Å²) in [5, 5.41) is 0. The summed E-state index contributed by atoms with van der Waals surface area (Å²) in [5.74, 6) is 0.896. The Bertz CT molecular complexity index is 298. The molecule has 0 radical (unpaired) electrons. The minimum atomic E-state index is 0.138. The topological polar surface area (TPSA) is 30.2 Å². The molecule has 0 bridgehead atoms. The summed E-state index contributed by atoms with van der Waals surface area (Å²) in [6.07, 6.45) is 4.38. The van der Waals surface area contributed by atoms with Gasteiger partial charge in [0.05, 0.1) is 6.26 Å². The van der Waals surface area contributed by atoms with Crippen molar-refractivity contribution in [1.82, 2.24) is 0 Å². The number of aryl methyl sites for hydroxylation is 1. The second kappa shape index (κ2) is 1.97. The predicted molar refractivity (Wildman–Crippen MR) is 37.0 cm³/mol. The van der Waals surface area contributed by atoms with Crippen molar-refractivity contribution in [3.05, 3.63) is 33.9 Å². The maximum atomic E-state index is 11.1. The van der Waals surface area contributed by atoms with Crippen molar-refractivity contribution in [2.45, 2.75) is 19.3 Å². The van der Waals surface area contributed by atoms with Crippen LogP contribution in [-0.2, 0) is 12.8 Å². The Morgan fingerprint density at radius 2 is 2.30 bits per heavy atom. The summed E-state index contributed by atoms with van der Waals surface area (Å²) in [7, 11) is 0. The molecule has 52 valence electrons. The van der Waals surface area contributed by atoms with Gasteiger partial charge in [-0.25, -0.2) is 0 Å². The smallest absolute Gasteiger partial charge is 0.188 e. The average molecular weight is 136 g/mol. The number of hydrogen-bond donors (Lipinski definition) is 0. The van der Waals surface area contributed by atoms with E-state index in [0.29, 0.717) is 0 Å². The largest absolute Gasteiger partial charge is 0.469 e. The highest BCUT2D eigenvalue weighted by molar-refractivity contribution is 5.21. The second-order valence-corrected chi connectivity index (χ2v) is 2.54. The number of rotatable bonds is 0. The fraction of sp³-hybridized carbons (Fsp3) is 0.375. The van der Waals surface area contributed by atoms with Crippen molar-refractivity contribution >= 4 is 0 Å². The van der Waals surface area contributed by atoms with E-state index in [-0.39, 0.29) is 5.43 Å². The average Bonchev–Trinajstić information content (AvgIpc) is 2.36. The van der Waals surface area contributed by atoms with E-state index in [1.54, 1.807) is 0 Å². The molecule has 0 amide bonds. The molecule has 2 rings (SSSR count). The lowest BCUT2D eigenvalue weighted by molar-refractivity contribution is 0.499. The van der Waals surface area contributed by atoms with Gasteiger partial charge in [0.2, 0.25) is 0 Å². The lowest BCUT2D eigenvalue weighted by Crippen LogP contribution is -2.04. The van der Waals surface area contributed by atoms with Gasteiger partial charge < -0.3 is 4.42 Å². The summed E-state index contributed by atoms with van der Waals surface area (Å²) in [6.45, 7) is 0. The SMILES string of the molecule is O=c1ccoc2c1CCC2. The quantitative estimate of drug-likeness (QED) is 0.535. The third kappa shape index (κ3) is 0.685. The Labute approximate surface area is 58.5 Å². The van der Waals surface area contributed by atoms with E-state index < -0.39 is 0 Å². The molecule has 1 aromatic rings. The fourth-order valence-corrected chi connectivity index (χ4v) is 1.39. The van der Waals surface area contributed by atoms with Gasteiger partial charge in [-0.2, -0.15) is 0 Å². The van der Waals surface area contributed by atoms with E-state index in [1.165, 1.54) is 12.3 Å². The first-order valence-electron chi connectivity index (χ1n) is 3.47. The monoisotopic (exact) mass is 136 g/mol. The highest BCUT2D eigenvalue weighted by atomic mass is 16.3. The van der Waals surface area contributed by atoms with E-state index in [9.17, 15) is 4.79 Å². The minimum absolute atomic E-state index is 0.138. The highest BCUT2D eigenvalue weighted by Gasteiger charge is 2.14. The minimum Gasteiger partial charge on any atom is -0.469 e. The summed E-state index contributed by atoms with van der Waals surface area (Å²) >= 11 is 0. The van der Waals surface area contributed by atoms with Crippen molar-refractivity contribution in [2.24, 2.45) is 0 Å². The molecule has 0 fully saturated rings. The molecule has 0 spiro atoms. The molecule has 0 saturated carbocycles. The van der Waals surface area contributed by atoms with Crippen LogP contribution in [0.4, 0.5) is 0 Å². The van der Waals surface area contributed by atoms with Crippen LogP contribution in [0.15, 0.2) is 21.5 Å². The molecule has 2 nitrogen and oxygen atoms in total. The van der Waals surface area contributed by atoms with Gasteiger partial charge in [-0.3, -0.25) is 4.79 Å². The highest BCUT2D eigenvalue weighted by Crippen LogP contribution is 2.16. The van der Waals surface area contributed by atoms with Crippen LogP contribution in [0.25, 0.3) is 0 Å². The Balaban J connectivity index is 2.70. The van der Waals surface area contributed by atoms with Gasteiger partial charge in [-0.05, 0) is 12.8 Å². The van der Waals surface area contributed by atoms with Crippen LogP contribution in [0, 0.1) is 0 Å². The normalized spacial score (nSPS) is 15.2. The third-order valence-corrected chi connectivity index (χ3v) is 1.89. The van der Waals surface area contributed by atoms with Crippen molar-refractivity contribution in [3.63, 3.8) is 0 Å². The Morgan fingerprint density at radius 3 is 3.10 bits per heavy atom. The van der Waals surface area contributed by atoms with Crippen LogP contribution in [0.2, 0.25) is 0 Å². The molecule has 10 heavy (non-hydrogen) atoms. The standard InChI is InChI=1S/C8H8O2/c9-7-4-5-10-8-3-1-2-6(7)8/h4-5H,1-3H2. The number of hydrogen-bond acceptors (Lipinski definition) is 2. The van der Waals surface area contributed by atoms with Gasteiger partial charge >= 0.3 is 0 Å². The fourth-order valence-electron chi connectivity index (χ4n) is 1.39. The predicted octanol–water partition coefficient (Wildman–Crippen LogP) is 1.13. The van der Waals surface area contributed by atoms with Crippen molar-refractivity contribution in [3.8, 4) is 0 Å². The zero-order chi connectivity index (χ0) is 6.97. The van der Waals surface area contributed by atoms with E-state index in [4.69, 9.17) is 4.42 Å². The maximum absolute atomic E-state index is 11.1. The Hall–Kier alpha value is -1.05. The van der Waals surface area contributed by atoms with E-state index in [2.05, 4.69) is 0 Å². The van der Waals surface area contributed by atoms with Crippen LogP contribution < -0.4 is 5.43 Å². The Morgan fingerprint density at radius 1 is 1.40 bits per heavy atom. The first kappa shape index (κ1) is 5.71. The number of fused-ring (bicyclic) bond motifs is 1. The van der Waals surface area contributed by atoms with Gasteiger partial charge in [0, 0.05) is 18.1 Å². The second-order valence-electron chi connectivity index (χ2n) is 2.54. The molecule has 0 aromatic carbocycles. The van der Waals surface area contributed by atoms with Gasteiger partial charge in [0.25, 0.3) is 0 Å². The molecule has 0 aliphatic heterocycles. The van der Waals surface area contributed by atoms with E-state index in [0.717, 1.165) is 30.6 Å². The maximum Gasteiger partial charge on any atom is 0.188 e. The molecule has 2 heteroatoms. The lowest BCUT2D eigenvalue weighted by Gasteiger charge is -1.92. The molecule has 0 atom stereocenters. The van der Waals surface area contributed by atoms with Gasteiger partial charge in [0.15, 0.2) is 5.43 Å². The zero-order valence-corrected chi connectivity index (χ0v) is 5.59. The Kier molecular flexibility index (Phi) is 1.13. The third-order valence-electron chi connectivity index (χ3n) is 1.89. The van der Waals surface area contributed by atoms with Crippen molar-refractivity contribution < 1.29 is 4.42 Å². The molecule has 0 saturated heterocycles. The molecule has 1 aliphatic carbocycles. The van der Waals surface area contributed by atoms with Gasteiger partial charge in [0.1, 0.15) is 5.76 Å². The first-order valence-corrected chi connectivity index (χ1v) is 3.47. The van der Waals surface area contributed by atoms with Crippen LogP contribution in [0.1, 0.15) is 17.7 Å². The van der Waals surface area contributed by atoms with Crippen molar-refractivity contribution in [2.75, 3.05) is 0 Å². The molecule has 1 aliphatic rings. The van der Waals surface area contributed by atoms with E-state index in [1.807, 2.05) is 0 Å². The zero-order valence-electron chi connectivity index (χ0n) is 5.59. The summed E-state index contributed by atoms with van der Waals surface area (Å²) < 4.78 is 5.15. The molecule has 1 aromatic heterocycles. The van der Waals surface area contributed by atoms with Crippen molar-refractivity contribution in [1.29, 1.82) is 0 Å². The molecule has 1 heterocycles. The molecular weight excluding hydrogens is 128 g/mol. The van der Waals surface area contributed by atoms with Gasteiger partial charge in [-0.1, -0.05) is 0 Å². The first-order chi connectivity index (χ1) is 4.88. The summed E-state index contributed by atoms with van der Waals surface area (Å²) in [6, 6.07) is 1.49. The summed E-state index contributed by atoms with van der Waals surface area (Å²) in [4.78, 5) is 11.1. The van der Waals surface area contributed by atoms with Gasteiger partial charge in [-0.15, -0.1) is 0 Å².